The maximum atomic E-state index is 12.4. The molecule has 5 heteroatoms. The summed E-state index contributed by atoms with van der Waals surface area (Å²) >= 11 is 1.69. The fraction of sp³-hybridized carbons (Fsp3) is 0.875. The van der Waals surface area contributed by atoms with Crippen molar-refractivity contribution in [3.05, 3.63) is 0 Å². The minimum absolute atomic E-state index is 0.0177. The highest BCUT2D eigenvalue weighted by atomic mass is 32.2. The van der Waals surface area contributed by atoms with Crippen LogP contribution in [0.5, 0.6) is 0 Å². The molecule has 21 heavy (non-hydrogen) atoms. The van der Waals surface area contributed by atoms with E-state index in [1.165, 1.54) is 6.42 Å². The fourth-order valence-electron chi connectivity index (χ4n) is 2.23. The number of carbonyl (C=O) groups excluding carboxylic acids is 2. The van der Waals surface area contributed by atoms with Crippen molar-refractivity contribution in [1.82, 2.24) is 5.32 Å². The van der Waals surface area contributed by atoms with Crippen molar-refractivity contribution < 1.29 is 14.3 Å². The highest BCUT2D eigenvalue weighted by Crippen LogP contribution is 2.25. The average Bonchev–Trinajstić information content (AvgIpc) is 2.42. The van der Waals surface area contributed by atoms with Crippen LogP contribution in [0, 0.1) is 5.92 Å². The molecular formula is C16H29NO3S. The van der Waals surface area contributed by atoms with Gasteiger partial charge in [-0.05, 0) is 45.3 Å². The van der Waals surface area contributed by atoms with Crippen molar-refractivity contribution in [2.24, 2.45) is 5.92 Å². The van der Waals surface area contributed by atoms with Gasteiger partial charge in [0.25, 0.3) is 0 Å². The number of nitrogens with one attached hydrogen (secondary N) is 1. The van der Waals surface area contributed by atoms with Gasteiger partial charge in [-0.15, -0.1) is 11.8 Å². The number of carbonyl (C=O) groups is 2. The summed E-state index contributed by atoms with van der Waals surface area (Å²) in [4.78, 5) is 24.7. The molecule has 0 aromatic heterocycles. The normalized spacial score (nSPS) is 22.2. The summed E-state index contributed by atoms with van der Waals surface area (Å²) in [6.45, 7) is 9.53. The Labute approximate surface area is 132 Å². The van der Waals surface area contributed by atoms with Crippen LogP contribution in [0.4, 0.5) is 0 Å². The molecule has 0 radical (unpaired) electrons. The van der Waals surface area contributed by atoms with E-state index in [1.807, 2.05) is 34.6 Å². The van der Waals surface area contributed by atoms with Crippen LogP contribution in [-0.2, 0) is 14.3 Å². The standard InChI is InChI=1S/C16H29NO3S/c1-6-11(2)13(15(19)20-16(3,4)5)17-14(18)12-9-7-8-10-21-12/h11-13H,6-10H2,1-5H3,(H,17,18)/t11-,12?,13-/m0/s1. The van der Waals surface area contributed by atoms with Crippen LogP contribution in [0.25, 0.3) is 0 Å². The average molecular weight is 315 g/mol. The molecule has 0 aromatic carbocycles. The number of amides is 1. The van der Waals surface area contributed by atoms with Crippen LogP contribution in [-0.4, -0.2) is 34.5 Å². The fourth-order valence-corrected chi connectivity index (χ4v) is 3.44. The summed E-state index contributed by atoms with van der Waals surface area (Å²) in [5.41, 5.74) is -0.535. The Morgan fingerprint density at radius 3 is 2.48 bits per heavy atom. The van der Waals surface area contributed by atoms with E-state index in [9.17, 15) is 9.59 Å². The van der Waals surface area contributed by atoms with E-state index >= 15 is 0 Å². The lowest BCUT2D eigenvalue weighted by Crippen LogP contribution is -2.50. The van der Waals surface area contributed by atoms with Crippen molar-refractivity contribution in [2.75, 3.05) is 5.75 Å². The van der Waals surface area contributed by atoms with Crippen molar-refractivity contribution >= 4 is 23.6 Å². The van der Waals surface area contributed by atoms with Crippen LogP contribution < -0.4 is 5.32 Å². The minimum Gasteiger partial charge on any atom is -0.458 e. The SMILES string of the molecule is CC[C@H](C)[C@H](NC(=O)C1CCCCS1)C(=O)OC(C)(C)C. The maximum Gasteiger partial charge on any atom is 0.329 e. The van der Waals surface area contributed by atoms with E-state index in [-0.39, 0.29) is 23.0 Å². The molecule has 1 unspecified atom stereocenters. The van der Waals surface area contributed by atoms with Crippen molar-refractivity contribution in [3.8, 4) is 0 Å². The maximum absolute atomic E-state index is 12.4. The molecule has 1 saturated heterocycles. The summed E-state index contributed by atoms with van der Waals surface area (Å²) in [5.74, 6) is 0.748. The third-order valence-corrected chi connectivity index (χ3v) is 5.02. The van der Waals surface area contributed by atoms with Gasteiger partial charge in [-0.2, -0.15) is 0 Å². The second-order valence-electron chi connectivity index (χ2n) is 6.76. The molecular weight excluding hydrogens is 286 g/mol. The van der Waals surface area contributed by atoms with Crippen molar-refractivity contribution in [2.45, 2.75) is 77.2 Å². The zero-order valence-electron chi connectivity index (χ0n) is 13.9. The minimum atomic E-state index is -0.552. The number of esters is 1. The first-order valence-corrected chi connectivity index (χ1v) is 8.94. The lowest BCUT2D eigenvalue weighted by molar-refractivity contribution is -0.160. The van der Waals surface area contributed by atoms with E-state index in [0.29, 0.717) is 0 Å². The molecule has 0 aliphatic carbocycles. The molecule has 0 saturated carbocycles. The van der Waals surface area contributed by atoms with E-state index in [2.05, 4.69) is 5.32 Å². The number of rotatable bonds is 5. The molecule has 1 N–H and O–H groups in total. The third-order valence-electron chi connectivity index (χ3n) is 3.64. The number of thioether (sulfide) groups is 1. The number of ether oxygens (including phenoxy) is 1. The van der Waals surface area contributed by atoms with Gasteiger partial charge in [0, 0.05) is 0 Å². The van der Waals surface area contributed by atoms with Gasteiger partial charge in [0.2, 0.25) is 5.91 Å². The third kappa shape index (κ3) is 6.29. The summed E-state index contributed by atoms with van der Waals surface area (Å²) in [7, 11) is 0. The summed E-state index contributed by atoms with van der Waals surface area (Å²) in [6.07, 6.45) is 3.99. The summed E-state index contributed by atoms with van der Waals surface area (Å²) in [5, 5.41) is 2.90. The number of hydrogen-bond acceptors (Lipinski definition) is 4. The largest absolute Gasteiger partial charge is 0.458 e. The van der Waals surface area contributed by atoms with Crippen LogP contribution in [0.1, 0.15) is 60.3 Å². The first-order valence-electron chi connectivity index (χ1n) is 7.89. The van der Waals surface area contributed by atoms with E-state index in [0.717, 1.165) is 25.0 Å². The molecule has 122 valence electrons. The molecule has 3 atom stereocenters. The van der Waals surface area contributed by atoms with E-state index in [1.54, 1.807) is 11.8 Å². The molecule has 0 aromatic rings. The quantitative estimate of drug-likeness (QED) is 0.792. The second kappa shape index (κ2) is 8.06. The predicted octanol–water partition coefficient (Wildman–Crippen LogP) is 3.14. The topological polar surface area (TPSA) is 55.4 Å². The molecule has 1 aliphatic heterocycles. The predicted molar refractivity (Wildman–Crippen MR) is 87.3 cm³/mol. The van der Waals surface area contributed by atoms with Crippen LogP contribution in [0.2, 0.25) is 0 Å². The molecule has 1 heterocycles. The highest BCUT2D eigenvalue weighted by molar-refractivity contribution is 8.00. The van der Waals surface area contributed by atoms with E-state index in [4.69, 9.17) is 4.74 Å². The lowest BCUT2D eigenvalue weighted by atomic mass is 9.98. The van der Waals surface area contributed by atoms with Crippen LogP contribution in [0.3, 0.4) is 0 Å². The van der Waals surface area contributed by atoms with Gasteiger partial charge in [-0.3, -0.25) is 4.79 Å². The van der Waals surface area contributed by atoms with Gasteiger partial charge >= 0.3 is 5.97 Å². The van der Waals surface area contributed by atoms with Gasteiger partial charge in [0.05, 0.1) is 5.25 Å². The zero-order chi connectivity index (χ0) is 16.0. The van der Waals surface area contributed by atoms with Crippen molar-refractivity contribution in [3.63, 3.8) is 0 Å². The van der Waals surface area contributed by atoms with Gasteiger partial charge < -0.3 is 10.1 Å². The van der Waals surface area contributed by atoms with Crippen molar-refractivity contribution in [1.29, 1.82) is 0 Å². The highest BCUT2D eigenvalue weighted by Gasteiger charge is 2.32. The Bertz CT molecular complexity index is 359. The van der Waals surface area contributed by atoms with Gasteiger partial charge in [0.1, 0.15) is 11.6 Å². The van der Waals surface area contributed by atoms with E-state index < -0.39 is 11.6 Å². The van der Waals surface area contributed by atoms with Crippen LogP contribution >= 0.6 is 11.8 Å². The lowest BCUT2D eigenvalue weighted by Gasteiger charge is -2.29. The number of hydrogen-bond donors (Lipinski definition) is 1. The first kappa shape index (κ1) is 18.3. The Morgan fingerprint density at radius 2 is 2.00 bits per heavy atom. The second-order valence-corrected chi connectivity index (χ2v) is 8.07. The molecule has 1 fully saturated rings. The molecule has 0 spiro atoms. The van der Waals surface area contributed by atoms with Gasteiger partial charge in [0.15, 0.2) is 0 Å². The monoisotopic (exact) mass is 315 g/mol. The summed E-state index contributed by atoms with van der Waals surface area (Å²) < 4.78 is 5.45. The Balaban J connectivity index is 2.69. The summed E-state index contributed by atoms with van der Waals surface area (Å²) in [6, 6.07) is -0.552. The Kier molecular flexibility index (Phi) is 7.04. The molecule has 1 rings (SSSR count). The van der Waals surface area contributed by atoms with Gasteiger partial charge in [-0.1, -0.05) is 26.7 Å². The molecule has 1 amide bonds. The van der Waals surface area contributed by atoms with Gasteiger partial charge in [-0.25, -0.2) is 4.79 Å². The van der Waals surface area contributed by atoms with Crippen LogP contribution in [0.15, 0.2) is 0 Å². The molecule has 0 bridgehead atoms. The smallest absolute Gasteiger partial charge is 0.329 e. The zero-order valence-corrected chi connectivity index (χ0v) is 14.7. The first-order chi connectivity index (χ1) is 9.74. The Morgan fingerprint density at radius 1 is 1.33 bits per heavy atom. The Hall–Kier alpha value is -0.710. The molecule has 4 nitrogen and oxygen atoms in total. The molecule has 1 aliphatic rings.